The highest BCUT2D eigenvalue weighted by Gasteiger charge is 2.17. The minimum atomic E-state index is -0.132. The van der Waals surface area contributed by atoms with Gasteiger partial charge in [-0.25, -0.2) is 0 Å². The summed E-state index contributed by atoms with van der Waals surface area (Å²) in [7, 11) is 0. The van der Waals surface area contributed by atoms with Crippen molar-refractivity contribution < 1.29 is 4.79 Å². The zero-order chi connectivity index (χ0) is 12.1. The fourth-order valence-electron chi connectivity index (χ4n) is 1.49. The number of hydrogen-bond acceptors (Lipinski definition) is 3. The maximum Gasteiger partial charge on any atom is 0.269 e. The van der Waals surface area contributed by atoms with Crippen LogP contribution in [0.2, 0.25) is 0 Å². The minimum Gasteiger partial charge on any atom is -0.294 e. The monoisotopic (exact) mass is 242 g/mol. The van der Waals surface area contributed by atoms with Gasteiger partial charge in [0.2, 0.25) is 0 Å². The lowest BCUT2D eigenvalue weighted by molar-refractivity contribution is 0.0994. The van der Waals surface area contributed by atoms with Gasteiger partial charge in [0.1, 0.15) is 6.54 Å². The van der Waals surface area contributed by atoms with Crippen molar-refractivity contribution in [2.75, 3.05) is 11.4 Å². The van der Waals surface area contributed by atoms with E-state index in [0.29, 0.717) is 4.88 Å². The van der Waals surface area contributed by atoms with Gasteiger partial charge in [-0.1, -0.05) is 24.3 Å². The lowest BCUT2D eigenvalue weighted by Crippen LogP contribution is -2.30. The van der Waals surface area contributed by atoms with Crippen LogP contribution in [0, 0.1) is 11.3 Å². The highest BCUT2D eigenvalue weighted by atomic mass is 32.1. The van der Waals surface area contributed by atoms with Crippen molar-refractivity contribution in [2.24, 2.45) is 0 Å². The SMILES string of the molecule is N#CCN(C(=O)c1cccs1)c1ccccc1. The van der Waals surface area contributed by atoms with Gasteiger partial charge in [0, 0.05) is 5.69 Å². The van der Waals surface area contributed by atoms with Gasteiger partial charge in [-0.3, -0.25) is 9.69 Å². The average Bonchev–Trinajstić information content (AvgIpc) is 2.90. The van der Waals surface area contributed by atoms with Crippen molar-refractivity contribution in [2.45, 2.75) is 0 Å². The third-order valence-electron chi connectivity index (χ3n) is 2.27. The predicted octanol–water partition coefficient (Wildman–Crippen LogP) is 2.92. The molecule has 84 valence electrons. The zero-order valence-corrected chi connectivity index (χ0v) is 9.85. The smallest absolute Gasteiger partial charge is 0.269 e. The molecule has 1 heterocycles. The Bertz CT molecular complexity index is 528. The fourth-order valence-corrected chi connectivity index (χ4v) is 2.16. The molecule has 0 aliphatic heterocycles. The van der Waals surface area contributed by atoms with Crippen LogP contribution in [0.4, 0.5) is 5.69 Å². The second-order valence-corrected chi connectivity index (χ2v) is 4.31. The number of amides is 1. The number of anilines is 1. The lowest BCUT2D eigenvalue weighted by atomic mass is 10.2. The van der Waals surface area contributed by atoms with E-state index < -0.39 is 0 Å². The molecular formula is C13H10N2OS. The molecule has 0 radical (unpaired) electrons. The van der Waals surface area contributed by atoms with Crippen LogP contribution >= 0.6 is 11.3 Å². The number of para-hydroxylation sites is 1. The number of nitrogens with zero attached hydrogens (tertiary/aromatic N) is 2. The Labute approximate surface area is 104 Å². The molecule has 0 aliphatic rings. The van der Waals surface area contributed by atoms with E-state index in [1.807, 2.05) is 47.8 Å². The lowest BCUT2D eigenvalue weighted by Gasteiger charge is -2.18. The topological polar surface area (TPSA) is 44.1 Å². The molecule has 3 nitrogen and oxygen atoms in total. The second-order valence-electron chi connectivity index (χ2n) is 3.36. The summed E-state index contributed by atoms with van der Waals surface area (Å²) >= 11 is 1.38. The van der Waals surface area contributed by atoms with E-state index in [2.05, 4.69) is 0 Å². The van der Waals surface area contributed by atoms with Crippen LogP contribution in [-0.4, -0.2) is 12.5 Å². The Hall–Kier alpha value is -2.12. The molecule has 0 spiro atoms. The van der Waals surface area contributed by atoms with Gasteiger partial charge in [-0.2, -0.15) is 5.26 Å². The Morgan fingerprint density at radius 3 is 2.59 bits per heavy atom. The summed E-state index contributed by atoms with van der Waals surface area (Å²) in [5.41, 5.74) is 0.743. The van der Waals surface area contributed by atoms with Crippen molar-refractivity contribution in [3.05, 3.63) is 52.7 Å². The standard InChI is InChI=1S/C13H10N2OS/c14-8-9-15(11-5-2-1-3-6-11)13(16)12-7-4-10-17-12/h1-7,10H,9H2. The summed E-state index contributed by atoms with van der Waals surface area (Å²) < 4.78 is 0. The largest absolute Gasteiger partial charge is 0.294 e. The van der Waals surface area contributed by atoms with Crippen molar-refractivity contribution in [1.82, 2.24) is 0 Å². The summed E-state index contributed by atoms with van der Waals surface area (Å²) in [4.78, 5) is 14.3. The minimum absolute atomic E-state index is 0.0563. The van der Waals surface area contributed by atoms with E-state index in [1.165, 1.54) is 16.2 Å². The summed E-state index contributed by atoms with van der Waals surface area (Å²) in [6.45, 7) is 0.0563. The van der Waals surface area contributed by atoms with Gasteiger partial charge in [0.25, 0.3) is 5.91 Å². The predicted molar refractivity (Wildman–Crippen MR) is 68.1 cm³/mol. The van der Waals surface area contributed by atoms with E-state index in [9.17, 15) is 4.79 Å². The first kappa shape index (κ1) is 11.4. The van der Waals surface area contributed by atoms with Gasteiger partial charge in [0.05, 0.1) is 10.9 Å². The van der Waals surface area contributed by atoms with E-state index in [-0.39, 0.29) is 12.5 Å². The quantitative estimate of drug-likeness (QED) is 0.777. The first-order chi connectivity index (χ1) is 8.33. The Morgan fingerprint density at radius 1 is 1.24 bits per heavy atom. The van der Waals surface area contributed by atoms with E-state index >= 15 is 0 Å². The number of carbonyl (C=O) groups excluding carboxylic acids is 1. The molecule has 0 atom stereocenters. The molecule has 0 saturated heterocycles. The molecule has 0 N–H and O–H groups in total. The molecule has 0 fully saturated rings. The first-order valence-electron chi connectivity index (χ1n) is 5.10. The molecule has 0 bridgehead atoms. The highest BCUT2D eigenvalue weighted by molar-refractivity contribution is 7.12. The summed E-state index contributed by atoms with van der Waals surface area (Å²) in [5.74, 6) is -0.132. The third kappa shape index (κ3) is 2.52. The van der Waals surface area contributed by atoms with Crippen LogP contribution in [0.15, 0.2) is 47.8 Å². The molecule has 4 heteroatoms. The zero-order valence-electron chi connectivity index (χ0n) is 9.04. The molecule has 2 rings (SSSR count). The molecule has 1 aromatic heterocycles. The number of hydrogen-bond donors (Lipinski definition) is 0. The number of thiophene rings is 1. The van der Waals surface area contributed by atoms with Crippen molar-refractivity contribution in [3.63, 3.8) is 0 Å². The van der Waals surface area contributed by atoms with Crippen LogP contribution in [0.1, 0.15) is 9.67 Å². The molecule has 17 heavy (non-hydrogen) atoms. The normalized spacial score (nSPS) is 9.59. The van der Waals surface area contributed by atoms with Crippen LogP contribution in [0.5, 0.6) is 0 Å². The molecule has 0 saturated carbocycles. The van der Waals surface area contributed by atoms with Crippen molar-refractivity contribution in [3.8, 4) is 6.07 Å². The number of benzene rings is 1. The Kier molecular flexibility index (Phi) is 3.53. The molecule has 2 aromatic rings. The average molecular weight is 242 g/mol. The Balaban J connectivity index is 2.31. The number of carbonyl (C=O) groups is 1. The molecular weight excluding hydrogens is 232 g/mol. The van der Waals surface area contributed by atoms with E-state index in [4.69, 9.17) is 5.26 Å². The summed E-state index contributed by atoms with van der Waals surface area (Å²) in [6.07, 6.45) is 0. The van der Waals surface area contributed by atoms with Crippen molar-refractivity contribution in [1.29, 1.82) is 5.26 Å². The van der Waals surface area contributed by atoms with Gasteiger partial charge >= 0.3 is 0 Å². The van der Waals surface area contributed by atoms with Gasteiger partial charge in [-0.05, 0) is 23.6 Å². The van der Waals surface area contributed by atoms with Gasteiger partial charge < -0.3 is 0 Å². The third-order valence-corrected chi connectivity index (χ3v) is 3.13. The second kappa shape index (κ2) is 5.28. The molecule has 0 unspecified atom stereocenters. The first-order valence-corrected chi connectivity index (χ1v) is 5.98. The van der Waals surface area contributed by atoms with E-state index in [0.717, 1.165) is 5.69 Å². The number of nitriles is 1. The van der Waals surface area contributed by atoms with Crippen LogP contribution < -0.4 is 4.90 Å². The number of rotatable bonds is 3. The Morgan fingerprint density at radius 2 is 2.00 bits per heavy atom. The van der Waals surface area contributed by atoms with Crippen LogP contribution in [0.25, 0.3) is 0 Å². The molecule has 1 amide bonds. The highest BCUT2D eigenvalue weighted by Crippen LogP contribution is 2.18. The molecule has 1 aromatic carbocycles. The fraction of sp³-hybridized carbons (Fsp3) is 0.0769. The van der Waals surface area contributed by atoms with Crippen LogP contribution in [-0.2, 0) is 0 Å². The maximum absolute atomic E-state index is 12.2. The maximum atomic E-state index is 12.2. The summed E-state index contributed by atoms with van der Waals surface area (Å²) in [6, 6.07) is 14.8. The van der Waals surface area contributed by atoms with Crippen LogP contribution in [0.3, 0.4) is 0 Å². The van der Waals surface area contributed by atoms with E-state index in [1.54, 1.807) is 6.07 Å². The van der Waals surface area contributed by atoms with Gasteiger partial charge in [-0.15, -0.1) is 11.3 Å². The summed E-state index contributed by atoms with van der Waals surface area (Å²) in [5, 5.41) is 10.7. The van der Waals surface area contributed by atoms with Crippen molar-refractivity contribution >= 4 is 22.9 Å². The van der Waals surface area contributed by atoms with Gasteiger partial charge in [0.15, 0.2) is 0 Å². The molecule has 0 aliphatic carbocycles.